The summed E-state index contributed by atoms with van der Waals surface area (Å²) >= 11 is 8.81. The van der Waals surface area contributed by atoms with E-state index in [1.165, 1.54) is 16.3 Å². The summed E-state index contributed by atoms with van der Waals surface area (Å²) in [6.07, 6.45) is 1.63. The lowest BCUT2D eigenvalue weighted by atomic mass is 10.2. The number of rotatable bonds is 7. The zero-order valence-corrected chi connectivity index (χ0v) is 16.2. The first-order valence-corrected chi connectivity index (χ1v) is 10.1. The van der Waals surface area contributed by atoms with Crippen molar-refractivity contribution in [3.05, 3.63) is 68.6 Å². The maximum atomic E-state index is 12.7. The van der Waals surface area contributed by atoms with Crippen molar-refractivity contribution in [2.75, 3.05) is 5.75 Å². The van der Waals surface area contributed by atoms with Crippen LogP contribution in [-0.4, -0.2) is 21.2 Å². The molecule has 0 bridgehead atoms. The summed E-state index contributed by atoms with van der Waals surface area (Å²) in [4.78, 5) is 30.4. The lowest BCUT2D eigenvalue weighted by Gasteiger charge is -2.11. The highest BCUT2D eigenvalue weighted by molar-refractivity contribution is 7.99. The third kappa shape index (κ3) is 4.35. The Morgan fingerprint density at radius 2 is 2.27 bits per heavy atom. The molecule has 0 unspecified atom stereocenters. The fourth-order valence-corrected chi connectivity index (χ4v) is 4.01. The van der Waals surface area contributed by atoms with E-state index in [0.29, 0.717) is 34.2 Å². The van der Waals surface area contributed by atoms with Crippen LogP contribution in [0.1, 0.15) is 4.88 Å². The molecule has 0 fully saturated rings. The van der Waals surface area contributed by atoms with Crippen molar-refractivity contribution in [1.82, 2.24) is 14.9 Å². The van der Waals surface area contributed by atoms with E-state index in [0.717, 1.165) is 4.88 Å². The topological polar surface area (TPSA) is 64.0 Å². The van der Waals surface area contributed by atoms with Gasteiger partial charge in [0, 0.05) is 16.4 Å². The van der Waals surface area contributed by atoms with Crippen LogP contribution in [0.15, 0.2) is 58.3 Å². The minimum Gasteiger partial charge on any atom is -0.350 e. The van der Waals surface area contributed by atoms with E-state index in [1.54, 1.807) is 35.6 Å². The molecule has 8 heteroatoms. The number of halogens is 1. The maximum absolute atomic E-state index is 12.7. The van der Waals surface area contributed by atoms with E-state index in [4.69, 9.17) is 11.6 Å². The molecule has 1 amide bonds. The lowest BCUT2D eigenvalue weighted by Crippen LogP contribution is -2.26. The zero-order chi connectivity index (χ0) is 18.5. The molecule has 0 aliphatic carbocycles. The number of hydrogen-bond acceptors (Lipinski definition) is 5. The van der Waals surface area contributed by atoms with Gasteiger partial charge < -0.3 is 5.32 Å². The van der Waals surface area contributed by atoms with Gasteiger partial charge in [0.1, 0.15) is 0 Å². The molecule has 0 aliphatic rings. The summed E-state index contributed by atoms with van der Waals surface area (Å²) in [5, 5.41) is 6.25. The van der Waals surface area contributed by atoms with E-state index < -0.39 is 0 Å². The second-order valence-electron chi connectivity index (χ2n) is 5.41. The maximum Gasteiger partial charge on any atom is 0.262 e. The highest BCUT2D eigenvalue weighted by Crippen LogP contribution is 2.20. The van der Waals surface area contributed by atoms with Crippen LogP contribution in [0.5, 0.6) is 0 Å². The van der Waals surface area contributed by atoms with Gasteiger partial charge in [-0.15, -0.1) is 17.9 Å². The quantitative estimate of drug-likeness (QED) is 0.370. The zero-order valence-electron chi connectivity index (χ0n) is 13.8. The predicted octanol–water partition coefficient (Wildman–Crippen LogP) is 3.71. The number of carbonyl (C=O) groups excluding carboxylic acids is 1. The SMILES string of the molecule is C=CCn1c(SCC(=O)NCc2cccs2)nc2ccc(Cl)cc2c1=O. The number of aromatic nitrogens is 2. The molecule has 2 heterocycles. The van der Waals surface area contributed by atoms with E-state index >= 15 is 0 Å². The summed E-state index contributed by atoms with van der Waals surface area (Å²) in [6, 6.07) is 8.92. The minimum absolute atomic E-state index is 0.112. The second-order valence-corrected chi connectivity index (χ2v) is 7.82. The van der Waals surface area contributed by atoms with Crippen LogP contribution in [0.3, 0.4) is 0 Å². The number of fused-ring (bicyclic) bond motifs is 1. The molecule has 0 spiro atoms. The number of benzene rings is 1. The molecular formula is C18H16ClN3O2S2. The van der Waals surface area contributed by atoms with Crippen molar-refractivity contribution in [3.63, 3.8) is 0 Å². The van der Waals surface area contributed by atoms with Gasteiger partial charge in [0.2, 0.25) is 5.91 Å². The van der Waals surface area contributed by atoms with Crippen LogP contribution in [-0.2, 0) is 17.9 Å². The molecule has 134 valence electrons. The van der Waals surface area contributed by atoms with E-state index in [2.05, 4.69) is 16.9 Å². The van der Waals surface area contributed by atoms with Crippen LogP contribution < -0.4 is 10.9 Å². The number of nitrogens with zero attached hydrogens (tertiary/aromatic N) is 2. The first-order chi connectivity index (χ1) is 12.6. The Kier molecular flexibility index (Phi) is 6.13. The van der Waals surface area contributed by atoms with E-state index in [-0.39, 0.29) is 17.2 Å². The third-order valence-corrected chi connectivity index (χ3v) is 5.65. The third-order valence-electron chi connectivity index (χ3n) is 3.57. The summed E-state index contributed by atoms with van der Waals surface area (Å²) in [6.45, 7) is 4.50. The highest BCUT2D eigenvalue weighted by Gasteiger charge is 2.13. The van der Waals surface area contributed by atoms with Gasteiger partial charge in [-0.2, -0.15) is 0 Å². The van der Waals surface area contributed by atoms with Gasteiger partial charge in [-0.3, -0.25) is 14.2 Å². The number of allylic oxidation sites excluding steroid dienone is 1. The molecule has 0 radical (unpaired) electrons. The average molecular weight is 406 g/mol. The monoisotopic (exact) mass is 405 g/mol. The van der Waals surface area contributed by atoms with Crippen molar-refractivity contribution in [1.29, 1.82) is 0 Å². The summed E-state index contributed by atoms with van der Waals surface area (Å²) < 4.78 is 1.50. The van der Waals surface area contributed by atoms with Crippen molar-refractivity contribution < 1.29 is 4.79 Å². The molecule has 0 saturated carbocycles. The fourth-order valence-electron chi connectivity index (χ4n) is 2.35. The number of nitrogens with one attached hydrogen (secondary N) is 1. The molecule has 0 saturated heterocycles. The molecule has 3 rings (SSSR count). The Morgan fingerprint density at radius 3 is 3.00 bits per heavy atom. The Balaban J connectivity index is 1.78. The van der Waals surface area contributed by atoms with E-state index in [9.17, 15) is 9.59 Å². The number of hydrogen-bond donors (Lipinski definition) is 1. The number of amides is 1. The predicted molar refractivity (Wildman–Crippen MR) is 108 cm³/mol. The van der Waals surface area contributed by atoms with Gasteiger partial charge in [-0.25, -0.2) is 4.98 Å². The van der Waals surface area contributed by atoms with Gasteiger partial charge >= 0.3 is 0 Å². The molecule has 0 atom stereocenters. The molecule has 1 N–H and O–H groups in total. The Bertz CT molecular complexity index is 1000. The van der Waals surface area contributed by atoms with Gasteiger partial charge in [0.15, 0.2) is 5.16 Å². The lowest BCUT2D eigenvalue weighted by molar-refractivity contribution is -0.118. The Labute approximate surface area is 163 Å². The normalized spacial score (nSPS) is 10.8. The smallest absolute Gasteiger partial charge is 0.262 e. The summed E-state index contributed by atoms with van der Waals surface area (Å²) in [5.41, 5.74) is 0.361. The van der Waals surface area contributed by atoms with Crippen LogP contribution in [0.25, 0.3) is 10.9 Å². The Hall–Kier alpha value is -2.09. The molecule has 3 aromatic rings. The van der Waals surface area contributed by atoms with Crippen molar-refractivity contribution in [2.45, 2.75) is 18.2 Å². The largest absolute Gasteiger partial charge is 0.350 e. The van der Waals surface area contributed by atoms with E-state index in [1.807, 2.05) is 17.5 Å². The van der Waals surface area contributed by atoms with Gasteiger partial charge in [-0.1, -0.05) is 35.5 Å². The highest BCUT2D eigenvalue weighted by atomic mass is 35.5. The molecular weight excluding hydrogens is 390 g/mol. The van der Waals surface area contributed by atoms with Crippen molar-refractivity contribution >= 4 is 51.5 Å². The van der Waals surface area contributed by atoms with Crippen LogP contribution >= 0.6 is 34.7 Å². The molecule has 5 nitrogen and oxygen atoms in total. The number of thiophene rings is 1. The minimum atomic E-state index is -0.195. The van der Waals surface area contributed by atoms with Crippen molar-refractivity contribution in [3.8, 4) is 0 Å². The molecule has 2 aromatic heterocycles. The average Bonchev–Trinajstić information content (AvgIpc) is 3.15. The van der Waals surface area contributed by atoms with Crippen molar-refractivity contribution in [2.24, 2.45) is 0 Å². The van der Waals surface area contributed by atoms with Crippen LogP contribution in [0.4, 0.5) is 0 Å². The van der Waals surface area contributed by atoms with Crippen LogP contribution in [0.2, 0.25) is 5.02 Å². The fraction of sp³-hybridized carbons (Fsp3) is 0.167. The Morgan fingerprint density at radius 1 is 1.42 bits per heavy atom. The molecule has 1 aromatic carbocycles. The van der Waals surface area contributed by atoms with Crippen LogP contribution in [0, 0.1) is 0 Å². The number of carbonyl (C=O) groups is 1. The van der Waals surface area contributed by atoms with Gasteiger partial charge in [-0.05, 0) is 29.6 Å². The number of thioether (sulfide) groups is 1. The molecule has 0 aliphatic heterocycles. The molecule has 26 heavy (non-hydrogen) atoms. The summed E-state index contributed by atoms with van der Waals surface area (Å²) in [7, 11) is 0. The summed E-state index contributed by atoms with van der Waals surface area (Å²) in [5.74, 6) is 0.0626. The second kappa shape index (κ2) is 8.53. The first kappa shape index (κ1) is 18.7. The standard InChI is InChI=1S/C18H16ClN3O2S2/c1-2-7-22-17(24)14-9-12(19)5-6-15(14)21-18(22)26-11-16(23)20-10-13-4-3-8-25-13/h2-6,8-9H,1,7,10-11H2,(H,20,23). The van der Waals surface area contributed by atoms with Gasteiger partial charge in [0.25, 0.3) is 5.56 Å². The van der Waals surface area contributed by atoms with Gasteiger partial charge in [0.05, 0.1) is 23.2 Å². The first-order valence-electron chi connectivity index (χ1n) is 7.81.